The Kier molecular flexibility index (Phi) is 4.22. The van der Waals surface area contributed by atoms with Gasteiger partial charge in [0.1, 0.15) is 0 Å². The minimum absolute atomic E-state index is 0.156. The summed E-state index contributed by atoms with van der Waals surface area (Å²) in [4.78, 5) is 0. The smallest absolute Gasteiger partial charge is 0.0686 e. The van der Waals surface area contributed by atoms with Crippen molar-refractivity contribution in [2.75, 3.05) is 20.3 Å². The molecule has 0 radical (unpaired) electrons. The van der Waals surface area contributed by atoms with Crippen molar-refractivity contribution in [3.63, 3.8) is 0 Å². The molecule has 1 saturated carbocycles. The van der Waals surface area contributed by atoms with E-state index in [1.807, 2.05) is 0 Å². The predicted molar refractivity (Wildman–Crippen MR) is 62.4 cm³/mol. The van der Waals surface area contributed by atoms with Crippen molar-refractivity contribution in [3.8, 4) is 0 Å². The number of ether oxygens (including phenoxy) is 2. The van der Waals surface area contributed by atoms with Crippen LogP contribution in [0.15, 0.2) is 0 Å². The van der Waals surface area contributed by atoms with Gasteiger partial charge in [-0.15, -0.1) is 0 Å². The molecule has 0 aromatic carbocycles. The van der Waals surface area contributed by atoms with Crippen molar-refractivity contribution in [2.24, 2.45) is 5.92 Å². The topological polar surface area (TPSA) is 38.7 Å². The molecule has 1 heterocycles. The summed E-state index contributed by atoms with van der Waals surface area (Å²) in [5.74, 6) is 0.450. The van der Waals surface area contributed by atoms with Gasteiger partial charge in [0.2, 0.25) is 0 Å². The number of hydrogen-bond donors (Lipinski definition) is 1. The highest BCUT2D eigenvalue weighted by atomic mass is 16.5. The van der Waals surface area contributed by atoms with Crippen molar-refractivity contribution >= 4 is 0 Å². The first-order chi connectivity index (χ1) is 7.76. The molecule has 16 heavy (non-hydrogen) atoms. The molecule has 2 fully saturated rings. The Bertz CT molecular complexity index is 213. The molecule has 1 saturated heterocycles. The third-order valence-corrected chi connectivity index (χ3v) is 4.19. The standard InChI is InChI=1S/C13H24O3/c1-15-8-2-4-12(14)11-5-9-16-13(10-11)6-3-7-13/h11-12,14H,2-10H2,1H3. The summed E-state index contributed by atoms with van der Waals surface area (Å²) in [5.41, 5.74) is 0.158. The summed E-state index contributed by atoms with van der Waals surface area (Å²) in [5, 5.41) is 10.1. The number of aliphatic hydroxyl groups is 1. The molecule has 0 aromatic rings. The lowest BCUT2D eigenvalue weighted by Crippen LogP contribution is -2.47. The minimum Gasteiger partial charge on any atom is -0.393 e. The summed E-state index contributed by atoms with van der Waals surface area (Å²) < 4.78 is 10.9. The summed E-state index contributed by atoms with van der Waals surface area (Å²) in [7, 11) is 1.71. The van der Waals surface area contributed by atoms with Gasteiger partial charge in [-0.05, 0) is 50.9 Å². The lowest BCUT2D eigenvalue weighted by Gasteiger charge is -2.48. The molecular weight excluding hydrogens is 204 g/mol. The fourth-order valence-corrected chi connectivity index (χ4v) is 2.99. The Morgan fingerprint density at radius 3 is 2.94 bits per heavy atom. The van der Waals surface area contributed by atoms with Gasteiger partial charge in [0.05, 0.1) is 11.7 Å². The highest BCUT2D eigenvalue weighted by Crippen LogP contribution is 2.45. The molecule has 3 heteroatoms. The van der Waals surface area contributed by atoms with E-state index in [0.717, 1.165) is 38.9 Å². The van der Waals surface area contributed by atoms with E-state index in [1.54, 1.807) is 7.11 Å². The number of aliphatic hydroxyl groups excluding tert-OH is 1. The van der Waals surface area contributed by atoms with Crippen LogP contribution in [0.4, 0.5) is 0 Å². The van der Waals surface area contributed by atoms with Crippen LogP contribution in [-0.2, 0) is 9.47 Å². The van der Waals surface area contributed by atoms with E-state index in [2.05, 4.69) is 0 Å². The van der Waals surface area contributed by atoms with Crippen molar-refractivity contribution in [3.05, 3.63) is 0 Å². The Hall–Kier alpha value is -0.120. The van der Waals surface area contributed by atoms with Crippen LogP contribution >= 0.6 is 0 Å². The van der Waals surface area contributed by atoms with Gasteiger partial charge in [-0.25, -0.2) is 0 Å². The van der Waals surface area contributed by atoms with Crippen LogP contribution in [0.2, 0.25) is 0 Å². The molecule has 1 N–H and O–H groups in total. The van der Waals surface area contributed by atoms with Gasteiger partial charge in [-0.1, -0.05) is 0 Å². The van der Waals surface area contributed by atoms with Crippen LogP contribution in [0.25, 0.3) is 0 Å². The van der Waals surface area contributed by atoms with Gasteiger partial charge >= 0.3 is 0 Å². The molecule has 1 spiro atoms. The average Bonchev–Trinajstić information content (AvgIpc) is 2.27. The zero-order valence-corrected chi connectivity index (χ0v) is 10.3. The predicted octanol–water partition coefficient (Wildman–Crippen LogP) is 2.12. The average molecular weight is 228 g/mol. The van der Waals surface area contributed by atoms with Crippen molar-refractivity contribution in [1.82, 2.24) is 0 Å². The summed E-state index contributed by atoms with van der Waals surface area (Å²) >= 11 is 0. The number of hydrogen-bond acceptors (Lipinski definition) is 3. The summed E-state index contributed by atoms with van der Waals surface area (Å²) in [6.45, 7) is 1.59. The van der Waals surface area contributed by atoms with Crippen LogP contribution in [0, 0.1) is 5.92 Å². The largest absolute Gasteiger partial charge is 0.393 e. The molecule has 1 aliphatic heterocycles. The van der Waals surface area contributed by atoms with E-state index in [1.165, 1.54) is 19.3 Å². The van der Waals surface area contributed by atoms with Gasteiger partial charge in [-0.2, -0.15) is 0 Å². The van der Waals surface area contributed by atoms with E-state index in [0.29, 0.717) is 5.92 Å². The van der Waals surface area contributed by atoms with Gasteiger partial charge in [0.25, 0.3) is 0 Å². The quantitative estimate of drug-likeness (QED) is 0.733. The molecule has 0 amide bonds. The zero-order valence-electron chi connectivity index (χ0n) is 10.3. The molecule has 2 atom stereocenters. The highest BCUT2D eigenvalue weighted by molar-refractivity contribution is 4.95. The SMILES string of the molecule is COCCCC(O)C1CCOC2(CCC2)C1. The van der Waals surface area contributed by atoms with Crippen LogP contribution < -0.4 is 0 Å². The number of rotatable bonds is 5. The second-order valence-corrected chi connectivity index (χ2v) is 5.34. The first-order valence-corrected chi connectivity index (χ1v) is 6.57. The van der Waals surface area contributed by atoms with E-state index in [4.69, 9.17) is 9.47 Å². The lowest BCUT2D eigenvalue weighted by molar-refractivity contribution is -0.157. The van der Waals surface area contributed by atoms with Gasteiger partial charge in [0, 0.05) is 20.3 Å². The fraction of sp³-hybridized carbons (Fsp3) is 1.00. The van der Waals surface area contributed by atoms with E-state index in [9.17, 15) is 5.11 Å². The molecule has 2 aliphatic rings. The van der Waals surface area contributed by atoms with Gasteiger partial charge in [-0.3, -0.25) is 0 Å². The van der Waals surface area contributed by atoms with Crippen LogP contribution in [-0.4, -0.2) is 37.1 Å². The van der Waals surface area contributed by atoms with Crippen LogP contribution in [0.3, 0.4) is 0 Å². The van der Waals surface area contributed by atoms with Crippen molar-refractivity contribution in [2.45, 2.75) is 56.7 Å². The van der Waals surface area contributed by atoms with Crippen LogP contribution in [0.5, 0.6) is 0 Å². The molecule has 94 valence electrons. The molecule has 1 aliphatic carbocycles. The maximum absolute atomic E-state index is 10.1. The molecular formula is C13H24O3. The van der Waals surface area contributed by atoms with Crippen molar-refractivity contribution in [1.29, 1.82) is 0 Å². The fourth-order valence-electron chi connectivity index (χ4n) is 2.99. The maximum atomic E-state index is 10.1. The Balaban J connectivity index is 1.75. The minimum atomic E-state index is -0.156. The first kappa shape index (κ1) is 12.3. The lowest BCUT2D eigenvalue weighted by atomic mass is 9.70. The number of methoxy groups -OCH3 is 1. The Morgan fingerprint density at radius 2 is 2.31 bits per heavy atom. The van der Waals surface area contributed by atoms with E-state index >= 15 is 0 Å². The Morgan fingerprint density at radius 1 is 1.50 bits per heavy atom. The second kappa shape index (κ2) is 5.48. The molecule has 2 rings (SSSR count). The van der Waals surface area contributed by atoms with E-state index in [-0.39, 0.29) is 11.7 Å². The Labute approximate surface area is 98.1 Å². The molecule has 0 aromatic heterocycles. The molecule has 3 nitrogen and oxygen atoms in total. The monoisotopic (exact) mass is 228 g/mol. The molecule has 2 unspecified atom stereocenters. The van der Waals surface area contributed by atoms with Crippen molar-refractivity contribution < 1.29 is 14.6 Å². The summed E-state index contributed by atoms with van der Waals surface area (Å²) in [6.07, 6.45) is 7.47. The van der Waals surface area contributed by atoms with Crippen LogP contribution in [0.1, 0.15) is 44.9 Å². The maximum Gasteiger partial charge on any atom is 0.0686 e. The van der Waals surface area contributed by atoms with Gasteiger partial charge in [0.15, 0.2) is 0 Å². The second-order valence-electron chi connectivity index (χ2n) is 5.34. The highest BCUT2D eigenvalue weighted by Gasteiger charge is 2.43. The van der Waals surface area contributed by atoms with E-state index < -0.39 is 0 Å². The normalized spacial score (nSPS) is 30.0. The zero-order chi connectivity index (χ0) is 11.4. The molecule has 0 bridgehead atoms. The summed E-state index contributed by atoms with van der Waals surface area (Å²) in [6, 6.07) is 0. The third-order valence-electron chi connectivity index (χ3n) is 4.19. The first-order valence-electron chi connectivity index (χ1n) is 6.57. The van der Waals surface area contributed by atoms with Gasteiger partial charge < -0.3 is 14.6 Å². The third kappa shape index (κ3) is 2.76.